The van der Waals surface area contributed by atoms with E-state index in [0.29, 0.717) is 0 Å². The highest BCUT2D eigenvalue weighted by Gasteiger charge is 2.42. The summed E-state index contributed by atoms with van der Waals surface area (Å²) in [6.45, 7) is 0. The lowest BCUT2D eigenvalue weighted by atomic mass is 9.75. The minimum absolute atomic E-state index is 0.0589. The van der Waals surface area contributed by atoms with Gasteiger partial charge in [-0.25, -0.2) is 0 Å². The summed E-state index contributed by atoms with van der Waals surface area (Å²) < 4.78 is 0. The van der Waals surface area contributed by atoms with E-state index in [2.05, 4.69) is 90.8 Å². The number of nitrogens with zero attached hydrogens (tertiary/aromatic N) is 1. The van der Waals surface area contributed by atoms with Crippen molar-refractivity contribution in [3.05, 3.63) is 108 Å². The van der Waals surface area contributed by atoms with Gasteiger partial charge in [0.25, 0.3) is 0 Å². The summed E-state index contributed by atoms with van der Waals surface area (Å²) in [4.78, 5) is 2.44. The molecule has 0 radical (unpaired) electrons. The molecule has 4 atom stereocenters. The molecule has 0 aromatic heterocycles. The number of piperidine rings is 1. The van der Waals surface area contributed by atoms with Crippen LogP contribution in [0.5, 0.6) is 0 Å². The molecule has 0 bridgehead atoms. The second-order valence-electron chi connectivity index (χ2n) is 7.19. The zero-order valence-corrected chi connectivity index (χ0v) is 15.1. The first kappa shape index (κ1) is 17.0. The molecule has 0 spiro atoms. The van der Waals surface area contributed by atoms with E-state index in [-0.39, 0.29) is 24.1 Å². The predicted octanol–water partition coefficient (Wildman–Crippen LogP) is 4.95. The molecule has 0 unspecified atom stereocenters. The fourth-order valence-corrected chi connectivity index (χ4v) is 4.42. The Morgan fingerprint density at radius 1 is 0.692 bits per heavy atom. The monoisotopic (exact) mass is 343 g/mol. The maximum atomic E-state index is 11.2. The number of aliphatic hydroxyl groups excluding tert-OH is 1. The maximum absolute atomic E-state index is 11.2. The Bertz CT molecular complexity index is 819. The number of hydrogen-bond acceptors (Lipinski definition) is 2. The molecular formula is C24H25NO. The Morgan fingerprint density at radius 3 is 1.69 bits per heavy atom. The summed E-state index contributed by atoms with van der Waals surface area (Å²) in [5, 5.41) is 11.2. The number of rotatable bonds is 3. The molecule has 1 aliphatic heterocycles. The SMILES string of the molecule is CN1[C@H](c2ccccc2)C[C@H](O)[C@@H](c2ccccc2)[C@@H]1c1ccccc1. The van der Waals surface area contributed by atoms with Crippen LogP contribution in [0.4, 0.5) is 0 Å². The van der Waals surface area contributed by atoms with E-state index in [0.717, 1.165) is 6.42 Å². The number of aliphatic hydroxyl groups is 1. The molecule has 4 rings (SSSR count). The molecular weight excluding hydrogens is 318 g/mol. The van der Waals surface area contributed by atoms with Crippen LogP contribution in [0.2, 0.25) is 0 Å². The van der Waals surface area contributed by atoms with Crippen LogP contribution in [-0.2, 0) is 0 Å². The van der Waals surface area contributed by atoms with Crippen LogP contribution >= 0.6 is 0 Å². The van der Waals surface area contributed by atoms with Crippen LogP contribution in [0.25, 0.3) is 0 Å². The van der Waals surface area contributed by atoms with Gasteiger partial charge in [0.1, 0.15) is 0 Å². The van der Waals surface area contributed by atoms with Gasteiger partial charge in [-0.1, -0.05) is 91.0 Å². The van der Waals surface area contributed by atoms with E-state index in [9.17, 15) is 5.11 Å². The number of likely N-dealkylation sites (N-methyl/N-ethyl adjacent to an activating group) is 1. The van der Waals surface area contributed by atoms with E-state index < -0.39 is 0 Å². The highest BCUT2D eigenvalue weighted by atomic mass is 16.3. The third-order valence-corrected chi connectivity index (χ3v) is 5.66. The van der Waals surface area contributed by atoms with Crippen LogP contribution in [0.15, 0.2) is 91.0 Å². The molecule has 1 fully saturated rings. The molecule has 132 valence electrons. The van der Waals surface area contributed by atoms with E-state index in [1.807, 2.05) is 12.1 Å². The van der Waals surface area contributed by atoms with Gasteiger partial charge < -0.3 is 5.11 Å². The van der Waals surface area contributed by atoms with Crippen LogP contribution in [0.3, 0.4) is 0 Å². The van der Waals surface area contributed by atoms with Crippen LogP contribution in [-0.4, -0.2) is 23.2 Å². The Labute approximate surface area is 155 Å². The molecule has 2 nitrogen and oxygen atoms in total. The third-order valence-electron chi connectivity index (χ3n) is 5.66. The van der Waals surface area contributed by atoms with Gasteiger partial charge in [0.15, 0.2) is 0 Å². The lowest BCUT2D eigenvalue weighted by molar-refractivity contribution is -0.00811. The second-order valence-corrected chi connectivity index (χ2v) is 7.19. The van der Waals surface area contributed by atoms with E-state index in [1.54, 1.807) is 0 Å². The smallest absolute Gasteiger partial charge is 0.0645 e. The zero-order chi connectivity index (χ0) is 17.9. The average molecular weight is 343 g/mol. The summed E-state index contributed by atoms with van der Waals surface area (Å²) >= 11 is 0. The molecule has 0 saturated carbocycles. The van der Waals surface area contributed by atoms with Crippen molar-refractivity contribution < 1.29 is 5.11 Å². The van der Waals surface area contributed by atoms with Gasteiger partial charge in [-0.2, -0.15) is 0 Å². The molecule has 1 saturated heterocycles. The van der Waals surface area contributed by atoms with Gasteiger partial charge in [0.05, 0.1) is 6.10 Å². The minimum atomic E-state index is -0.385. The Balaban J connectivity index is 1.78. The molecule has 1 N–H and O–H groups in total. The van der Waals surface area contributed by atoms with Crippen molar-refractivity contribution in [2.24, 2.45) is 0 Å². The first-order chi connectivity index (χ1) is 12.8. The summed E-state index contributed by atoms with van der Waals surface area (Å²) in [7, 11) is 2.19. The van der Waals surface area contributed by atoms with Crippen LogP contribution < -0.4 is 0 Å². The molecule has 0 amide bonds. The molecule has 26 heavy (non-hydrogen) atoms. The topological polar surface area (TPSA) is 23.5 Å². The number of likely N-dealkylation sites (tertiary alicyclic amines) is 1. The van der Waals surface area contributed by atoms with E-state index in [1.165, 1.54) is 16.7 Å². The van der Waals surface area contributed by atoms with Gasteiger partial charge in [-0.05, 0) is 30.2 Å². The largest absolute Gasteiger partial charge is 0.392 e. The van der Waals surface area contributed by atoms with Crippen molar-refractivity contribution in [2.45, 2.75) is 30.5 Å². The fraction of sp³-hybridized carbons (Fsp3) is 0.250. The van der Waals surface area contributed by atoms with Gasteiger partial charge in [0.2, 0.25) is 0 Å². The fourth-order valence-electron chi connectivity index (χ4n) is 4.42. The molecule has 1 heterocycles. The Hall–Kier alpha value is -2.42. The van der Waals surface area contributed by atoms with E-state index >= 15 is 0 Å². The summed E-state index contributed by atoms with van der Waals surface area (Å²) in [5.74, 6) is 0.0589. The van der Waals surface area contributed by atoms with Crippen molar-refractivity contribution in [2.75, 3.05) is 7.05 Å². The Kier molecular flexibility index (Phi) is 4.87. The minimum Gasteiger partial charge on any atom is -0.392 e. The Morgan fingerprint density at radius 2 is 1.15 bits per heavy atom. The summed E-state index contributed by atoms with van der Waals surface area (Å²) in [6, 6.07) is 31.9. The predicted molar refractivity (Wildman–Crippen MR) is 106 cm³/mol. The van der Waals surface area contributed by atoms with Crippen LogP contribution in [0, 0.1) is 0 Å². The normalized spacial score (nSPS) is 26.5. The van der Waals surface area contributed by atoms with Crippen molar-refractivity contribution in [3.63, 3.8) is 0 Å². The third kappa shape index (κ3) is 3.18. The quantitative estimate of drug-likeness (QED) is 0.727. The van der Waals surface area contributed by atoms with Crippen molar-refractivity contribution in [1.82, 2.24) is 4.90 Å². The lowest BCUT2D eigenvalue weighted by Gasteiger charge is -2.47. The highest BCUT2D eigenvalue weighted by molar-refractivity contribution is 5.32. The molecule has 1 aliphatic rings. The average Bonchev–Trinajstić information content (AvgIpc) is 2.71. The van der Waals surface area contributed by atoms with Crippen molar-refractivity contribution in [3.8, 4) is 0 Å². The molecule has 0 aliphatic carbocycles. The van der Waals surface area contributed by atoms with Gasteiger partial charge in [-0.3, -0.25) is 4.90 Å². The van der Waals surface area contributed by atoms with Gasteiger partial charge in [-0.15, -0.1) is 0 Å². The number of hydrogen-bond donors (Lipinski definition) is 1. The first-order valence-corrected chi connectivity index (χ1v) is 9.30. The number of benzene rings is 3. The summed E-state index contributed by atoms with van der Waals surface area (Å²) in [6.07, 6.45) is 0.354. The highest BCUT2D eigenvalue weighted by Crippen LogP contribution is 2.48. The van der Waals surface area contributed by atoms with E-state index in [4.69, 9.17) is 0 Å². The lowest BCUT2D eigenvalue weighted by Crippen LogP contribution is -2.44. The molecule has 2 heteroatoms. The van der Waals surface area contributed by atoms with Crippen molar-refractivity contribution in [1.29, 1.82) is 0 Å². The first-order valence-electron chi connectivity index (χ1n) is 9.30. The zero-order valence-electron chi connectivity index (χ0n) is 15.1. The standard InChI is InChI=1S/C24H25NO/c1-25-21(18-11-5-2-6-12-18)17-22(26)23(19-13-7-3-8-14-19)24(25)20-15-9-4-10-16-20/h2-16,21-24,26H,17H2,1H3/t21-,22-,23+,24-/m0/s1. The van der Waals surface area contributed by atoms with Gasteiger partial charge in [0, 0.05) is 18.0 Å². The summed E-state index contributed by atoms with van der Waals surface area (Å²) in [5.41, 5.74) is 3.72. The second kappa shape index (κ2) is 7.45. The van der Waals surface area contributed by atoms with Crippen LogP contribution in [0.1, 0.15) is 41.1 Å². The molecule has 3 aromatic rings. The van der Waals surface area contributed by atoms with Gasteiger partial charge >= 0.3 is 0 Å². The molecule has 3 aromatic carbocycles. The maximum Gasteiger partial charge on any atom is 0.0645 e. The van der Waals surface area contributed by atoms with Crippen molar-refractivity contribution >= 4 is 0 Å².